The van der Waals surface area contributed by atoms with Crippen molar-refractivity contribution < 1.29 is 0 Å². The van der Waals surface area contributed by atoms with Crippen molar-refractivity contribution in [3.05, 3.63) is 43.2 Å². The van der Waals surface area contributed by atoms with E-state index >= 15 is 0 Å². The molecule has 0 atom stereocenters. The van der Waals surface area contributed by atoms with E-state index < -0.39 is 0 Å². The first-order valence-electron chi connectivity index (χ1n) is 6.21. The van der Waals surface area contributed by atoms with Crippen LogP contribution in [0, 0.1) is 11.5 Å². The number of nitriles is 1. The van der Waals surface area contributed by atoms with Crippen molar-refractivity contribution in [2.45, 2.75) is 13.0 Å². The summed E-state index contributed by atoms with van der Waals surface area (Å²) < 4.78 is 1.99. The lowest BCUT2D eigenvalue weighted by molar-refractivity contribution is 0.650. The average Bonchev–Trinajstić information content (AvgIpc) is 2.98. The van der Waals surface area contributed by atoms with Crippen LogP contribution in [0.1, 0.15) is 6.42 Å². The molecular formula is C13H15N7. The van der Waals surface area contributed by atoms with Gasteiger partial charge in [-0.05, 0) is 18.6 Å². The van der Waals surface area contributed by atoms with Crippen molar-refractivity contribution in [2.75, 3.05) is 11.9 Å². The molecule has 0 unspecified atom stereocenters. The third-order valence-electron chi connectivity index (χ3n) is 2.50. The van der Waals surface area contributed by atoms with Gasteiger partial charge in [-0.2, -0.15) is 5.26 Å². The predicted octanol–water partition coefficient (Wildman–Crippen LogP) is 1.21. The van der Waals surface area contributed by atoms with Crippen LogP contribution in [-0.4, -0.2) is 27.0 Å². The molecule has 0 amide bonds. The number of rotatable bonds is 5. The molecule has 0 saturated carbocycles. The molecule has 0 aliphatic heterocycles. The van der Waals surface area contributed by atoms with Gasteiger partial charge in [0.05, 0.1) is 18.2 Å². The van der Waals surface area contributed by atoms with Crippen LogP contribution in [0.4, 0.5) is 5.69 Å². The first-order valence-corrected chi connectivity index (χ1v) is 6.21. The minimum atomic E-state index is 0.422. The summed E-state index contributed by atoms with van der Waals surface area (Å²) in [5, 5.41) is 14.2. The molecule has 2 rings (SSSR count). The van der Waals surface area contributed by atoms with Gasteiger partial charge in [0.2, 0.25) is 5.96 Å². The van der Waals surface area contributed by atoms with Crippen molar-refractivity contribution in [1.29, 1.82) is 5.26 Å². The standard InChI is InChI=1S/C13H15N7/c14-10-18-13(19-12-3-1-4-15-9-12)17-5-2-7-20-8-6-16-11-20/h1,3-4,6,8-9,11H,2,5,7H2,(H2,17,18,19). The van der Waals surface area contributed by atoms with E-state index in [1.165, 1.54) is 0 Å². The van der Waals surface area contributed by atoms with E-state index in [0.717, 1.165) is 18.7 Å². The number of nitrogens with zero attached hydrogens (tertiary/aromatic N) is 5. The summed E-state index contributed by atoms with van der Waals surface area (Å²) in [6.45, 7) is 1.45. The minimum Gasteiger partial charge on any atom is -0.337 e. The van der Waals surface area contributed by atoms with Gasteiger partial charge in [-0.15, -0.1) is 0 Å². The smallest absolute Gasteiger partial charge is 0.209 e. The molecule has 0 radical (unpaired) electrons. The van der Waals surface area contributed by atoms with Crippen molar-refractivity contribution in [3.63, 3.8) is 0 Å². The first-order chi connectivity index (χ1) is 9.88. The van der Waals surface area contributed by atoms with Gasteiger partial charge in [-0.25, -0.2) is 4.98 Å². The molecular weight excluding hydrogens is 254 g/mol. The van der Waals surface area contributed by atoms with Gasteiger partial charge in [0.1, 0.15) is 0 Å². The number of aromatic nitrogens is 3. The Morgan fingerprint density at radius 2 is 2.35 bits per heavy atom. The minimum absolute atomic E-state index is 0.422. The lowest BCUT2D eigenvalue weighted by Gasteiger charge is -2.07. The van der Waals surface area contributed by atoms with Gasteiger partial charge in [0.25, 0.3) is 0 Å². The molecule has 2 N–H and O–H groups in total. The summed E-state index contributed by atoms with van der Waals surface area (Å²) in [5.41, 5.74) is 0.781. The Labute approximate surface area is 117 Å². The molecule has 0 saturated heterocycles. The van der Waals surface area contributed by atoms with Gasteiger partial charge in [-0.1, -0.05) is 0 Å². The van der Waals surface area contributed by atoms with Crippen molar-refractivity contribution in [1.82, 2.24) is 19.9 Å². The second-order valence-corrected chi connectivity index (χ2v) is 3.99. The van der Waals surface area contributed by atoms with Crippen LogP contribution in [0.15, 0.2) is 48.2 Å². The molecule has 2 aromatic rings. The number of imidazole rings is 1. The summed E-state index contributed by atoms with van der Waals surface area (Å²) >= 11 is 0. The fourth-order valence-corrected chi connectivity index (χ4v) is 1.60. The lowest BCUT2D eigenvalue weighted by Crippen LogP contribution is -2.27. The number of hydrogen-bond donors (Lipinski definition) is 2. The van der Waals surface area contributed by atoms with E-state index in [1.807, 2.05) is 29.1 Å². The molecule has 7 nitrogen and oxygen atoms in total. The Hall–Kier alpha value is -2.88. The normalized spacial score (nSPS) is 10.8. The maximum absolute atomic E-state index is 8.71. The average molecular weight is 269 g/mol. The summed E-state index contributed by atoms with van der Waals surface area (Å²) in [7, 11) is 0. The highest BCUT2D eigenvalue weighted by atomic mass is 15.2. The van der Waals surface area contributed by atoms with E-state index in [-0.39, 0.29) is 0 Å². The summed E-state index contributed by atoms with van der Waals surface area (Å²) in [5.74, 6) is 0.422. The lowest BCUT2D eigenvalue weighted by atomic mass is 10.4. The van der Waals surface area contributed by atoms with Gasteiger partial charge >= 0.3 is 0 Å². The van der Waals surface area contributed by atoms with E-state index in [1.54, 1.807) is 24.9 Å². The van der Waals surface area contributed by atoms with E-state index in [4.69, 9.17) is 5.26 Å². The van der Waals surface area contributed by atoms with Crippen LogP contribution in [0.5, 0.6) is 0 Å². The highest BCUT2D eigenvalue weighted by Crippen LogP contribution is 2.02. The SMILES string of the molecule is N#CNC(=NCCCn1ccnc1)Nc1cccnc1. The third kappa shape index (κ3) is 4.42. The summed E-state index contributed by atoms with van der Waals surface area (Å²) in [6, 6.07) is 3.67. The molecule has 7 heteroatoms. The third-order valence-corrected chi connectivity index (χ3v) is 2.50. The fraction of sp³-hybridized carbons (Fsp3) is 0.231. The number of nitrogens with one attached hydrogen (secondary N) is 2. The predicted molar refractivity (Wildman–Crippen MR) is 75.8 cm³/mol. The highest BCUT2D eigenvalue weighted by molar-refractivity contribution is 5.94. The van der Waals surface area contributed by atoms with Crippen LogP contribution >= 0.6 is 0 Å². The van der Waals surface area contributed by atoms with Gasteiger partial charge in [-0.3, -0.25) is 15.3 Å². The number of anilines is 1. The molecule has 20 heavy (non-hydrogen) atoms. The number of guanidine groups is 1. The Morgan fingerprint density at radius 3 is 3.05 bits per heavy atom. The molecule has 0 aliphatic carbocycles. The fourth-order valence-electron chi connectivity index (χ4n) is 1.60. The Kier molecular flexibility index (Phi) is 5.10. The van der Waals surface area contributed by atoms with Crippen molar-refractivity contribution >= 4 is 11.6 Å². The second-order valence-electron chi connectivity index (χ2n) is 3.99. The summed E-state index contributed by atoms with van der Waals surface area (Å²) in [4.78, 5) is 12.3. The van der Waals surface area contributed by atoms with Crippen molar-refractivity contribution in [2.24, 2.45) is 4.99 Å². The number of aryl methyl sites for hydroxylation is 1. The van der Waals surface area contributed by atoms with Crippen molar-refractivity contribution in [3.8, 4) is 6.19 Å². The quantitative estimate of drug-likeness (QED) is 0.280. The van der Waals surface area contributed by atoms with Gasteiger partial charge in [0, 0.05) is 31.7 Å². The number of hydrogen-bond acceptors (Lipinski definition) is 4. The zero-order valence-electron chi connectivity index (χ0n) is 10.9. The maximum Gasteiger partial charge on any atom is 0.209 e. The van der Waals surface area contributed by atoms with E-state index in [9.17, 15) is 0 Å². The molecule has 0 bridgehead atoms. The Balaban J connectivity index is 1.84. The van der Waals surface area contributed by atoms with Crippen LogP contribution < -0.4 is 10.6 Å². The summed E-state index contributed by atoms with van der Waals surface area (Å²) in [6.07, 6.45) is 11.5. The molecule has 0 aromatic carbocycles. The van der Waals surface area contributed by atoms with Crippen LogP contribution in [0.25, 0.3) is 0 Å². The van der Waals surface area contributed by atoms with E-state index in [0.29, 0.717) is 12.5 Å². The van der Waals surface area contributed by atoms with Crippen LogP contribution in [0.3, 0.4) is 0 Å². The molecule has 0 spiro atoms. The molecule has 0 fully saturated rings. The monoisotopic (exact) mass is 269 g/mol. The molecule has 0 aliphatic rings. The second kappa shape index (κ2) is 7.53. The Morgan fingerprint density at radius 1 is 1.40 bits per heavy atom. The van der Waals surface area contributed by atoms with Gasteiger partial charge in [0.15, 0.2) is 6.19 Å². The topological polar surface area (TPSA) is 90.9 Å². The number of pyridine rings is 1. The highest BCUT2D eigenvalue weighted by Gasteiger charge is 1.98. The van der Waals surface area contributed by atoms with Crippen LogP contribution in [0.2, 0.25) is 0 Å². The largest absolute Gasteiger partial charge is 0.337 e. The molecule has 2 aromatic heterocycles. The first kappa shape index (κ1) is 13.5. The zero-order chi connectivity index (χ0) is 14.0. The zero-order valence-corrected chi connectivity index (χ0v) is 10.9. The maximum atomic E-state index is 8.71. The van der Waals surface area contributed by atoms with Gasteiger partial charge < -0.3 is 9.88 Å². The van der Waals surface area contributed by atoms with Crippen LogP contribution in [-0.2, 0) is 6.54 Å². The molecule has 102 valence electrons. The number of aliphatic imine (C=N–C) groups is 1. The molecule has 2 heterocycles. The Bertz CT molecular complexity index is 569. The van der Waals surface area contributed by atoms with E-state index in [2.05, 4.69) is 25.6 Å².